The van der Waals surface area contributed by atoms with Gasteiger partial charge in [-0.1, -0.05) is 38.0 Å². The third-order valence-electron chi connectivity index (χ3n) is 3.22. The number of nitrogens with one attached hydrogen (secondary N) is 1. The molecule has 0 spiro atoms. The molecule has 0 bridgehead atoms. The van der Waals surface area contributed by atoms with Crippen molar-refractivity contribution in [2.24, 2.45) is 0 Å². The number of aryl methyl sites for hydroxylation is 1. The molecule has 4 heteroatoms. The van der Waals surface area contributed by atoms with E-state index < -0.39 is 0 Å². The van der Waals surface area contributed by atoms with Crippen molar-refractivity contribution in [1.82, 2.24) is 5.32 Å². The molecular weight excluding hydrogens is 244 g/mol. The highest BCUT2D eigenvalue weighted by Crippen LogP contribution is 2.24. The number of para-hydroxylation sites is 1. The first-order valence-electron chi connectivity index (χ1n) is 6.35. The number of hydrogen-bond acceptors (Lipinski definition) is 2. The van der Waals surface area contributed by atoms with E-state index >= 15 is 0 Å². The average Bonchev–Trinajstić information content (AvgIpc) is 2.63. The Bertz CT molecular complexity index is 473. The van der Waals surface area contributed by atoms with Crippen molar-refractivity contribution in [3.8, 4) is 0 Å². The molecule has 1 saturated heterocycles. The number of hydrogen-bond donors (Lipinski definition) is 1. The standard InChI is InChI=1S/C14H18N2OS/c1-3-4-8-11-13(17)16(14(18)15-11)12-9-6-5-7-10(12)2/h5-7,9,11H,3-4,8H2,1-2H3,(H,15,18). The molecule has 1 fully saturated rings. The summed E-state index contributed by atoms with van der Waals surface area (Å²) < 4.78 is 0. The Morgan fingerprint density at radius 2 is 2.11 bits per heavy atom. The summed E-state index contributed by atoms with van der Waals surface area (Å²) >= 11 is 5.28. The summed E-state index contributed by atoms with van der Waals surface area (Å²) in [6.45, 7) is 4.11. The van der Waals surface area contributed by atoms with E-state index in [0.29, 0.717) is 5.11 Å². The van der Waals surface area contributed by atoms with Gasteiger partial charge in [0.25, 0.3) is 5.91 Å². The molecule has 1 amide bonds. The van der Waals surface area contributed by atoms with Crippen LogP contribution in [-0.4, -0.2) is 17.1 Å². The topological polar surface area (TPSA) is 32.3 Å². The van der Waals surface area contributed by atoms with Crippen molar-refractivity contribution in [2.75, 3.05) is 4.90 Å². The van der Waals surface area contributed by atoms with E-state index in [2.05, 4.69) is 12.2 Å². The van der Waals surface area contributed by atoms with E-state index in [4.69, 9.17) is 12.2 Å². The minimum absolute atomic E-state index is 0.0720. The van der Waals surface area contributed by atoms with Gasteiger partial charge in [0.1, 0.15) is 6.04 Å². The Morgan fingerprint density at radius 3 is 2.78 bits per heavy atom. The maximum Gasteiger partial charge on any atom is 0.255 e. The molecule has 1 aliphatic rings. The molecule has 1 aromatic carbocycles. The van der Waals surface area contributed by atoms with Gasteiger partial charge in [0.2, 0.25) is 0 Å². The second-order valence-corrected chi connectivity index (χ2v) is 4.99. The normalized spacial score (nSPS) is 19.2. The van der Waals surface area contributed by atoms with Gasteiger partial charge in [-0.05, 0) is 37.2 Å². The molecule has 2 rings (SSSR count). The van der Waals surface area contributed by atoms with Crippen LogP contribution < -0.4 is 10.2 Å². The maximum atomic E-state index is 12.4. The molecule has 1 N–H and O–H groups in total. The molecule has 0 aliphatic carbocycles. The van der Waals surface area contributed by atoms with E-state index in [1.807, 2.05) is 31.2 Å². The predicted molar refractivity (Wildman–Crippen MR) is 77.7 cm³/mol. The van der Waals surface area contributed by atoms with Crippen LogP contribution in [0.4, 0.5) is 5.69 Å². The quantitative estimate of drug-likeness (QED) is 0.847. The summed E-state index contributed by atoms with van der Waals surface area (Å²) in [4.78, 5) is 14.0. The van der Waals surface area contributed by atoms with Crippen molar-refractivity contribution in [2.45, 2.75) is 39.2 Å². The predicted octanol–water partition coefficient (Wildman–Crippen LogP) is 2.77. The number of amides is 1. The van der Waals surface area contributed by atoms with Gasteiger partial charge in [-0.25, -0.2) is 0 Å². The molecule has 0 aromatic heterocycles. The highest BCUT2D eigenvalue weighted by atomic mass is 32.1. The summed E-state index contributed by atoms with van der Waals surface area (Å²) in [6.07, 6.45) is 2.97. The van der Waals surface area contributed by atoms with Crippen molar-refractivity contribution in [3.05, 3.63) is 29.8 Å². The molecule has 18 heavy (non-hydrogen) atoms. The smallest absolute Gasteiger partial charge is 0.255 e. The molecule has 3 nitrogen and oxygen atoms in total. The second kappa shape index (κ2) is 5.48. The van der Waals surface area contributed by atoms with Crippen LogP contribution in [0.25, 0.3) is 0 Å². The number of carbonyl (C=O) groups excluding carboxylic acids is 1. The van der Waals surface area contributed by atoms with Crippen LogP contribution in [0.5, 0.6) is 0 Å². The highest BCUT2D eigenvalue weighted by Gasteiger charge is 2.36. The van der Waals surface area contributed by atoms with Crippen LogP contribution in [0.15, 0.2) is 24.3 Å². The van der Waals surface area contributed by atoms with Gasteiger partial charge >= 0.3 is 0 Å². The van der Waals surface area contributed by atoms with Gasteiger partial charge in [-0.3, -0.25) is 9.69 Å². The first kappa shape index (κ1) is 13.0. The maximum absolute atomic E-state index is 12.4. The van der Waals surface area contributed by atoms with E-state index in [1.165, 1.54) is 0 Å². The van der Waals surface area contributed by atoms with E-state index in [9.17, 15) is 4.79 Å². The Labute approximate surface area is 113 Å². The number of anilines is 1. The van der Waals surface area contributed by atoms with E-state index in [-0.39, 0.29) is 11.9 Å². The lowest BCUT2D eigenvalue weighted by atomic mass is 10.1. The summed E-state index contributed by atoms with van der Waals surface area (Å²) in [7, 11) is 0. The van der Waals surface area contributed by atoms with Gasteiger partial charge in [-0.15, -0.1) is 0 Å². The Morgan fingerprint density at radius 1 is 1.39 bits per heavy atom. The molecule has 1 aromatic rings. The van der Waals surface area contributed by atoms with E-state index in [1.54, 1.807) is 4.90 Å². The second-order valence-electron chi connectivity index (χ2n) is 4.60. The SMILES string of the molecule is CCCCC1NC(=S)N(c2ccccc2C)C1=O. The van der Waals surface area contributed by atoms with E-state index in [0.717, 1.165) is 30.5 Å². The van der Waals surface area contributed by atoms with Crippen LogP contribution >= 0.6 is 12.2 Å². The summed E-state index contributed by atoms with van der Waals surface area (Å²) in [5.41, 5.74) is 1.95. The molecule has 0 radical (unpaired) electrons. The molecule has 1 heterocycles. The monoisotopic (exact) mass is 262 g/mol. The Hall–Kier alpha value is -1.42. The zero-order chi connectivity index (χ0) is 13.1. The number of unbranched alkanes of at least 4 members (excludes halogenated alkanes) is 1. The number of nitrogens with zero attached hydrogens (tertiary/aromatic N) is 1. The molecule has 1 atom stereocenters. The van der Waals surface area contributed by atoms with Gasteiger partial charge in [0.15, 0.2) is 5.11 Å². The average molecular weight is 262 g/mol. The molecule has 1 aliphatic heterocycles. The van der Waals surface area contributed by atoms with Crippen molar-refractivity contribution in [3.63, 3.8) is 0 Å². The van der Waals surface area contributed by atoms with Crippen LogP contribution in [0.2, 0.25) is 0 Å². The number of benzene rings is 1. The van der Waals surface area contributed by atoms with Gasteiger partial charge in [0, 0.05) is 0 Å². The van der Waals surface area contributed by atoms with Crippen LogP contribution in [0, 0.1) is 6.92 Å². The Balaban J connectivity index is 2.22. The third kappa shape index (κ3) is 2.38. The summed E-state index contributed by atoms with van der Waals surface area (Å²) in [5.74, 6) is 0.0720. The van der Waals surface area contributed by atoms with Crippen molar-refractivity contribution >= 4 is 28.9 Å². The van der Waals surface area contributed by atoms with Crippen LogP contribution in [0.1, 0.15) is 31.7 Å². The molecule has 96 valence electrons. The van der Waals surface area contributed by atoms with Crippen LogP contribution in [0.3, 0.4) is 0 Å². The van der Waals surface area contributed by atoms with Gasteiger partial charge < -0.3 is 5.32 Å². The third-order valence-corrected chi connectivity index (χ3v) is 3.52. The lowest BCUT2D eigenvalue weighted by Crippen LogP contribution is -2.31. The fraction of sp³-hybridized carbons (Fsp3) is 0.429. The molecule has 1 unspecified atom stereocenters. The lowest BCUT2D eigenvalue weighted by Gasteiger charge is -2.17. The summed E-state index contributed by atoms with van der Waals surface area (Å²) in [6, 6.07) is 7.66. The number of thiocarbonyl (C=S) groups is 1. The molecule has 0 saturated carbocycles. The van der Waals surface area contributed by atoms with Gasteiger partial charge in [-0.2, -0.15) is 0 Å². The van der Waals surface area contributed by atoms with Crippen LogP contribution in [-0.2, 0) is 4.79 Å². The highest BCUT2D eigenvalue weighted by molar-refractivity contribution is 7.80. The first-order valence-corrected chi connectivity index (χ1v) is 6.76. The largest absolute Gasteiger partial charge is 0.350 e. The fourth-order valence-electron chi connectivity index (χ4n) is 2.18. The Kier molecular flexibility index (Phi) is 3.97. The van der Waals surface area contributed by atoms with Crippen molar-refractivity contribution < 1.29 is 4.79 Å². The lowest BCUT2D eigenvalue weighted by molar-refractivity contribution is -0.118. The van der Waals surface area contributed by atoms with Crippen molar-refractivity contribution in [1.29, 1.82) is 0 Å². The fourth-order valence-corrected chi connectivity index (χ4v) is 2.51. The number of rotatable bonds is 4. The zero-order valence-electron chi connectivity index (χ0n) is 10.8. The van der Waals surface area contributed by atoms with Gasteiger partial charge in [0.05, 0.1) is 5.69 Å². The number of carbonyl (C=O) groups is 1. The minimum Gasteiger partial charge on any atom is -0.350 e. The molecular formula is C14H18N2OS. The summed E-state index contributed by atoms with van der Waals surface area (Å²) in [5, 5.41) is 3.65. The first-order chi connectivity index (χ1) is 8.65. The zero-order valence-corrected chi connectivity index (χ0v) is 11.6. The minimum atomic E-state index is -0.156.